The maximum Gasteiger partial charge on any atom is 0.255 e. The summed E-state index contributed by atoms with van der Waals surface area (Å²) in [5, 5.41) is 0.0488. The molecule has 9 heteroatoms. The van der Waals surface area contributed by atoms with Crippen molar-refractivity contribution in [1.29, 1.82) is 0 Å². The monoisotopic (exact) mass is 452 g/mol. The number of carbonyl (C=O) groups is 3. The Kier molecular flexibility index (Phi) is 7.10. The van der Waals surface area contributed by atoms with Crippen LogP contribution in [0, 0.1) is 11.6 Å². The van der Waals surface area contributed by atoms with Crippen LogP contribution in [-0.4, -0.2) is 59.3 Å². The van der Waals surface area contributed by atoms with Crippen LogP contribution in [0.2, 0.25) is 5.02 Å². The van der Waals surface area contributed by atoms with Crippen LogP contribution in [0.15, 0.2) is 41.3 Å². The number of hydrogen-bond acceptors (Lipinski definition) is 4. The van der Waals surface area contributed by atoms with Gasteiger partial charge in [-0.25, -0.2) is 8.78 Å². The van der Waals surface area contributed by atoms with Gasteiger partial charge in [0.15, 0.2) is 5.78 Å². The second-order valence-electron chi connectivity index (χ2n) is 6.79. The maximum absolute atomic E-state index is 14.1. The predicted molar refractivity (Wildman–Crippen MR) is 111 cm³/mol. The van der Waals surface area contributed by atoms with E-state index in [-0.39, 0.29) is 39.5 Å². The zero-order chi connectivity index (χ0) is 21.8. The topological polar surface area (TPSA) is 57.7 Å². The minimum Gasteiger partial charge on any atom is -0.338 e. The van der Waals surface area contributed by atoms with E-state index in [1.165, 1.54) is 37.3 Å². The molecule has 3 rings (SSSR count). The summed E-state index contributed by atoms with van der Waals surface area (Å²) in [5.74, 6) is -1.70. The van der Waals surface area contributed by atoms with Crippen LogP contribution in [0.4, 0.5) is 8.78 Å². The molecule has 1 fully saturated rings. The smallest absolute Gasteiger partial charge is 0.255 e. The molecule has 2 amide bonds. The van der Waals surface area contributed by atoms with Crippen molar-refractivity contribution in [3.8, 4) is 0 Å². The Morgan fingerprint density at radius 3 is 2.27 bits per heavy atom. The molecule has 30 heavy (non-hydrogen) atoms. The summed E-state index contributed by atoms with van der Waals surface area (Å²) in [6.07, 6.45) is 0. The Bertz CT molecular complexity index is 994. The summed E-state index contributed by atoms with van der Waals surface area (Å²) in [6, 6.07) is 7.81. The van der Waals surface area contributed by atoms with Crippen molar-refractivity contribution in [2.45, 2.75) is 11.8 Å². The SMILES string of the molecule is CC(=O)c1ccc(SCC(=O)N2CCN(C(=O)c3ccc(F)cc3Cl)CC2)c(F)c1. The molecule has 0 aromatic heterocycles. The predicted octanol–water partition coefficient (Wildman–Crippen LogP) is 3.90. The zero-order valence-electron chi connectivity index (χ0n) is 16.2. The van der Waals surface area contributed by atoms with E-state index in [2.05, 4.69) is 0 Å². The Balaban J connectivity index is 1.53. The molecule has 0 spiro atoms. The lowest BCUT2D eigenvalue weighted by atomic mass is 10.1. The summed E-state index contributed by atoms with van der Waals surface area (Å²) < 4.78 is 27.3. The summed E-state index contributed by atoms with van der Waals surface area (Å²) in [6.45, 7) is 2.69. The lowest BCUT2D eigenvalue weighted by Gasteiger charge is -2.35. The van der Waals surface area contributed by atoms with Crippen molar-refractivity contribution in [1.82, 2.24) is 9.80 Å². The third kappa shape index (κ3) is 5.17. The molecule has 0 atom stereocenters. The molecule has 0 saturated carbocycles. The van der Waals surface area contributed by atoms with E-state index in [9.17, 15) is 23.2 Å². The number of piperazine rings is 1. The molecule has 0 N–H and O–H groups in total. The van der Waals surface area contributed by atoms with Crippen LogP contribution in [0.5, 0.6) is 0 Å². The molecule has 1 aliphatic rings. The van der Waals surface area contributed by atoms with Crippen molar-refractivity contribution in [2.75, 3.05) is 31.9 Å². The van der Waals surface area contributed by atoms with Gasteiger partial charge in [0.1, 0.15) is 11.6 Å². The van der Waals surface area contributed by atoms with Crippen LogP contribution in [-0.2, 0) is 4.79 Å². The normalized spacial score (nSPS) is 14.0. The molecule has 2 aromatic rings. The summed E-state index contributed by atoms with van der Waals surface area (Å²) in [7, 11) is 0. The maximum atomic E-state index is 14.1. The highest BCUT2D eigenvalue weighted by molar-refractivity contribution is 8.00. The van der Waals surface area contributed by atoms with Crippen LogP contribution in [0.3, 0.4) is 0 Å². The summed E-state index contributed by atoms with van der Waals surface area (Å²) >= 11 is 7.02. The zero-order valence-corrected chi connectivity index (χ0v) is 17.7. The van der Waals surface area contributed by atoms with Gasteiger partial charge >= 0.3 is 0 Å². The number of hydrogen-bond donors (Lipinski definition) is 0. The first-order valence-corrected chi connectivity index (χ1v) is 10.6. The highest BCUT2D eigenvalue weighted by Gasteiger charge is 2.26. The molecule has 1 aliphatic heterocycles. The van der Waals surface area contributed by atoms with E-state index in [0.29, 0.717) is 31.1 Å². The lowest BCUT2D eigenvalue weighted by molar-refractivity contribution is -0.129. The summed E-state index contributed by atoms with van der Waals surface area (Å²) in [5.41, 5.74) is 0.503. The molecule has 2 aromatic carbocycles. The number of rotatable bonds is 5. The molecule has 0 aliphatic carbocycles. The molecule has 0 radical (unpaired) electrons. The van der Waals surface area contributed by atoms with Gasteiger partial charge < -0.3 is 9.80 Å². The summed E-state index contributed by atoms with van der Waals surface area (Å²) in [4.78, 5) is 39.8. The minimum atomic E-state index is -0.535. The Labute approximate surface area is 182 Å². The fraction of sp³-hybridized carbons (Fsp3) is 0.286. The van der Waals surface area contributed by atoms with Crippen LogP contribution >= 0.6 is 23.4 Å². The van der Waals surface area contributed by atoms with Gasteiger partial charge in [0.05, 0.1) is 16.3 Å². The van der Waals surface area contributed by atoms with E-state index in [1.807, 2.05) is 0 Å². The Hall–Kier alpha value is -2.45. The average Bonchev–Trinajstić information content (AvgIpc) is 2.72. The number of amides is 2. The van der Waals surface area contributed by atoms with Crippen LogP contribution < -0.4 is 0 Å². The fourth-order valence-corrected chi connectivity index (χ4v) is 4.13. The van der Waals surface area contributed by atoms with Gasteiger partial charge in [-0.2, -0.15) is 0 Å². The van der Waals surface area contributed by atoms with E-state index in [4.69, 9.17) is 11.6 Å². The van der Waals surface area contributed by atoms with Crippen molar-refractivity contribution >= 4 is 41.0 Å². The number of carbonyl (C=O) groups excluding carboxylic acids is 3. The van der Waals surface area contributed by atoms with Crippen molar-refractivity contribution in [3.05, 3.63) is 64.2 Å². The fourth-order valence-electron chi connectivity index (χ4n) is 3.06. The van der Waals surface area contributed by atoms with Gasteiger partial charge in [0, 0.05) is 36.6 Å². The number of thioether (sulfide) groups is 1. The lowest BCUT2D eigenvalue weighted by Crippen LogP contribution is -2.51. The third-order valence-electron chi connectivity index (χ3n) is 4.77. The van der Waals surface area contributed by atoms with Crippen molar-refractivity contribution in [2.24, 2.45) is 0 Å². The molecule has 158 valence electrons. The second-order valence-corrected chi connectivity index (χ2v) is 8.21. The van der Waals surface area contributed by atoms with Crippen molar-refractivity contribution in [3.63, 3.8) is 0 Å². The number of halogens is 3. The van der Waals surface area contributed by atoms with Crippen molar-refractivity contribution < 1.29 is 23.2 Å². The van der Waals surface area contributed by atoms with Gasteiger partial charge in [-0.15, -0.1) is 11.8 Å². The number of ketones is 1. The van der Waals surface area contributed by atoms with E-state index in [0.717, 1.165) is 17.8 Å². The quantitative estimate of drug-likeness (QED) is 0.510. The third-order valence-corrected chi connectivity index (χ3v) is 6.12. The standard InChI is InChI=1S/C21H19ClF2N2O3S/c1-13(27)14-2-5-19(18(24)10-14)30-12-20(28)25-6-8-26(9-7-25)21(29)16-4-3-15(23)11-17(16)22/h2-5,10-11H,6-9,12H2,1H3. The molecule has 1 saturated heterocycles. The van der Waals surface area contributed by atoms with E-state index >= 15 is 0 Å². The molecule has 0 bridgehead atoms. The minimum absolute atomic E-state index is 0.0488. The van der Waals surface area contributed by atoms with Gasteiger partial charge in [-0.1, -0.05) is 17.7 Å². The Morgan fingerprint density at radius 1 is 1.00 bits per heavy atom. The van der Waals surface area contributed by atoms with Gasteiger partial charge in [-0.3, -0.25) is 14.4 Å². The highest BCUT2D eigenvalue weighted by atomic mass is 35.5. The molecular weight excluding hydrogens is 434 g/mol. The molecular formula is C21H19ClF2N2O3S. The molecule has 0 unspecified atom stereocenters. The molecule has 5 nitrogen and oxygen atoms in total. The van der Waals surface area contributed by atoms with E-state index in [1.54, 1.807) is 9.80 Å². The van der Waals surface area contributed by atoms with E-state index < -0.39 is 11.6 Å². The first-order chi connectivity index (χ1) is 14.3. The van der Waals surface area contributed by atoms with Gasteiger partial charge in [0.25, 0.3) is 5.91 Å². The average molecular weight is 453 g/mol. The van der Waals surface area contributed by atoms with Gasteiger partial charge in [-0.05, 0) is 37.3 Å². The van der Waals surface area contributed by atoms with Crippen LogP contribution in [0.25, 0.3) is 0 Å². The van der Waals surface area contributed by atoms with Crippen LogP contribution in [0.1, 0.15) is 27.6 Å². The largest absolute Gasteiger partial charge is 0.338 e. The first kappa shape index (κ1) is 22.2. The number of benzene rings is 2. The number of nitrogens with zero attached hydrogens (tertiary/aromatic N) is 2. The van der Waals surface area contributed by atoms with Gasteiger partial charge in [0.2, 0.25) is 5.91 Å². The second kappa shape index (κ2) is 9.57. The highest BCUT2D eigenvalue weighted by Crippen LogP contribution is 2.24. The molecule has 1 heterocycles. The number of Topliss-reactive ketones (excluding diaryl/α,β-unsaturated/α-hetero) is 1. The Morgan fingerprint density at radius 2 is 1.67 bits per heavy atom. The first-order valence-electron chi connectivity index (χ1n) is 9.21.